The van der Waals surface area contributed by atoms with E-state index in [-0.39, 0.29) is 10.8 Å². The predicted molar refractivity (Wildman–Crippen MR) is 106 cm³/mol. The molecule has 0 radical (unpaired) electrons. The van der Waals surface area contributed by atoms with Gasteiger partial charge < -0.3 is 10.0 Å². The Hall–Kier alpha value is -1.88. The fraction of sp³-hybridized carbons (Fsp3) is 0.524. The molecule has 4 rings (SSSR count). The molecule has 0 unspecified atom stereocenters. The molecule has 1 heterocycles. The number of benzene rings is 1. The number of rotatable bonds is 4. The van der Waals surface area contributed by atoms with Gasteiger partial charge in [0.15, 0.2) is 5.13 Å². The molecule has 26 heavy (non-hydrogen) atoms. The molecule has 1 saturated carbocycles. The minimum atomic E-state index is -0.886. The van der Waals surface area contributed by atoms with Crippen LogP contribution in [0.25, 0.3) is 0 Å². The SMILES string of the molecule is CC1(C)CCC(C)(C)c2sc(N(c3ccc(C(=O)O)cc3)C3CC3)nc21. The third-order valence-electron chi connectivity index (χ3n) is 5.76. The number of anilines is 2. The van der Waals surface area contributed by atoms with Crippen LogP contribution in [0.3, 0.4) is 0 Å². The maximum absolute atomic E-state index is 11.2. The summed E-state index contributed by atoms with van der Waals surface area (Å²) in [7, 11) is 0. The number of carboxylic acids is 1. The third kappa shape index (κ3) is 2.92. The van der Waals surface area contributed by atoms with Crippen LogP contribution in [-0.4, -0.2) is 22.1 Å². The molecule has 0 atom stereocenters. The molecule has 0 amide bonds. The van der Waals surface area contributed by atoms with Crippen molar-refractivity contribution in [2.45, 2.75) is 70.3 Å². The summed E-state index contributed by atoms with van der Waals surface area (Å²) in [5.74, 6) is -0.886. The topological polar surface area (TPSA) is 53.4 Å². The van der Waals surface area contributed by atoms with Crippen molar-refractivity contribution in [1.29, 1.82) is 0 Å². The largest absolute Gasteiger partial charge is 0.478 e. The Balaban J connectivity index is 1.77. The fourth-order valence-corrected chi connectivity index (χ4v) is 5.23. The average Bonchev–Trinajstić information content (AvgIpc) is 3.29. The van der Waals surface area contributed by atoms with Gasteiger partial charge in [0, 0.05) is 27.4 Å². The fourth-order valence-electron chi connectivity index (χ4n) is 3.76. The first-order valence-electron chi connectivity index (χ1n) is 9.33. The van der Waals surface area contributed by atoms with Crippen molar-refractivity contribution >= 4 is 28.1 Å². The molecule has 1 fully saturated rings. The first-order valence-corrected chi connectivity index (χ1v) is 10.2. The van der Waals surface area contributed by atoms with E-state index in [0.29, 0.717) is 11.6 Å². The normalized spacial score (nSPS) is 20.5. The van der Waals surface area contributed by atoms with Crippen LogP contribution < -0.4 is 4.90 Å². The summed E-state index contributed by atoms with van der Waals surface area (Å²) in [6, 6.07) is 7.68. The number of thiazole rings is 1. The molecular weight excluding hydrogens is 344 g/mol. The van der Waals surface area contributed by atoms with Crippen molar-refractivity contribution < 1.29 is 9.90 Å². The van der Waals surface area contributed by atoms with Gasteiger partial charge in [0.2, 0.25) is 0 Å². The summed E-state index contributed by atoms with van der Waals surface area (Å²) in [6.07, 6.45) is 4.67. The number of carboxylic acid groups (broad SMARTS) is 1. The van der Waals surface area contributed by atoms with Crippen LogP contribution in [0, 0.1) is 0 Å². The Morgan fingerprint density at radius 1 is 1.12 bits per heavy atom. The lowest BCUT2D eigenvalue weighted by Crippen LogP contribution is -2.32. The van der Waals surface area contributed by atoms with Crippen LogP contribution in [0.1, 0.15) is 74.3 Å². The van der Waals surface area contributed by atoms with Crippen LogP contribution in [0.2, 0.25) is 0 Å². The minimum absolute atomic E-state index is 0.113. The van der Waals surface area contributed by atoms with Crippen LogP contribution >= 0.6 is 11.3 Å². The Morgan fingerprint density at radius 3 is 2.27 bits per heavy atom. The van der Waals surface area contributed by atoms with Gasteiger partial charge in [-0.15, -0.1) is 11.3 Å². The number of hydrogen-bond donors (Lipinski definition) is 1. The summed E-state index contributed by atoms with van der Waals surface area (Å²) in [4.78, 5) is 20.0. The van der Waals surface area contributed by atoms with E-state index >= 15 is 0 Å². The van der Waals surface area contributed by atoms with Crippen LogP contribution in [0.4, 0.5) is 10.8 Å². The second-order valence-electron chi connectivity index (χ2n) is 8.90. The lowest BCUT2D eigenvalue weighted by atomic mass is 9.69. The third-order valence-corrected chi connectivity index (χ3v) is 7.18. The lowest BCUT2D eigenvalue weighted by Gasteiger charge is -2.37. The molecule has 0 bridgehead atoms. The molecule has 0 aliphatic heterocycles. The highest BCUT2D eigenvalue weighted by Crippen LogP contribution is 2.51. The van der Waals surface area contributed by atoms with E-state index in [1.165, 1.54) is 17.0 Å². The van der Waals surface area contributed by atoms with Crippen LogP contribution in [-0.2, 0) is 10.8 Å². The second kappa shape index (κ2) is 5.81. The van der Waals surface area contributed by atoms with Gasteiger partial charge in [-0.2, -0.15) is 0 Å². The smallest absolute Gasteiger partial charge is 0.335 e. The van der Waals surface area contributed by atoms with Crippen molar-refractivity contribution in [3.63, 3.8) is 0 Å². The zero-order valence-corrected chi connectivity index (χ0v) is 16.7. The van der Waals surface area contributed by atoms with Gasteiger partial charge in [-0.05, 0) is 49.9 Å². The first kappa shape index (κ1) is 17.5. The molecule has 1 N–H and O–H groups in total. The monoisotopic (exact) mass is 370 g/mol. The summed E-state index contributed by atoms with van der Waals surface area (Å²) in [5, 5.41) is 10.2. The Kier molecular flexibility index (Phi) is 3.92. The number of hydrogen-bond acceptors (Lipinski definition) is 4. The molecule has 2 aliphatic rings. The van der Waals surface area contributed by atoms with Crippen molar-refractivity contribution in [3.05, 3.63) is 40.4 Å². The molecule has 0 spiro atoms. The maximum Gasteiger partial charge on any atom is 0.335 e. The Morgan fingerprint density at radius 2 is 1.73 bits per heavy atom. The van der Waals surface area contributed by atoms with Gasteiger partial charge in [0.1, 0.15) is 0 Å². The van der Waals surface area contributed by atoms with Gasteiger partial charge >= 0.3 is 5.97 Å². The number of carbonyl (C=O) groups is 1. The molecule has 1 aromatic heterocycles. The Bertz CT molecular complexity index is 814. The zero-order valence-electron chi connectivity index (χ0n) is 15.9. The van der Waals surface area contributed by atoms with Gasteiger partial charge in [-0.3, -0.25) is 0 Å². The molecule has 2 aliphatic carbocycles. The number of aromatic carboxylic acids is 1. The maximum atomic E-state index is 11.2. The van der Waals surface area contributed by atoms with Gasteiger partial charge in [0.25, 0.3) is 0 Å². The molecule has 4 nitrogen and oxygen atoms in total. The lowest BCUT2D eigenvalue weighted by molar-refractivity contribution is 0.0697. The second-order valence-corrected chi connectivity index (χ2v) is 9.87. The summed E-state index contributed by atoms with van der Waals surface area (Å²) in [5.41, 5.74) is 2.90. The van der Waals surface area contributed by atoms with Crippen molar-refractivity contribution in [3.8, 4) is 0 Å². The Labute approximate surface area is 158 Å². The van der Waals surface area contributed by atoms with E-state index in [9.17, 15) is 4.79 Å². The number of fused-ring (bicyclic) bond motifs is 1. The zero-order chi connectivity index (χ0) is 18.7. The highest BCUT2D eigenvalue weighted by atomic mass is 32.1. The van der Waals surface area contributed by atoms with Crippen molar-refractivity contribution in [2.75, 3.05) is 4.90 Å². The molecular formula is C21H26N2O2S. The summed E-state index contributed by atoms with van der Waals surface area (Å²) < 4.78 is 0. The minimum Gasteiger partial charge on any atom is -0.478 e. The number of nitrogens with zero attached hydrogens (tertiary/aromatic N) is 2. The summed E-state index contributed by atoms with van der Waals surface area (Å²) >= 11 is 1.82. The average molecular weight is 371 g/mol. The van der Waals surface area contributed by atoms with Crippen LogP contribution in [0.5, 0.6) is 0 Å². The van der Waals surface area contributed by atoms with Crippen molar-refractivity contribution in [2.24, 2.45) is 0 Å². The quantitative estimate of drug-likeness (QED) is 0.773. The van der Waals surface area contributed by atoms with E-state index < -0.39 is 5.97 Å². The van der Waals surface area contributed by atoms with Gasteiger partial charge in [-0.1, -0.05) is 27.7 Å². The number of aromatic nitrogens is 1. The van der Waals surface area contributed by atoms with Gasteiger partial charge in [0.05, 0.1) is 11.3 Å². The molecule has 5 heteroatoms. The van der Waals surface area contributed by atoms with Crippen molar-refractivity contribution in [1.82, 2.24) is 4.98 Å². The predicted octanol–water partition coefficient (Wildman–Crippen LogP) is 5.49. The van der Waals surface area contributed by atoms with E-state index in [2.05, 4.69) is 32.6 Å². The molecule has 1 aromatic carbocycles. The van der Waals surface area contributed by atoms with E-state index in [1.54, 1.807) is 12.1 Å². The highest BCUT2D eigenvalue weighted by Gasteiger charge is 2.42. The first-order chi connectivity index (χ1) is 12.2. The summed E-state index contributed by atoms with van der Waals surface area (Å²) in [6.45, 7) is 9.25. The van der Waals surface area contributed by atoms with E-state index in [1.807, 2.05) is 23.5 Å². The van der Waals surface area contributed by atoms with E-state index in [4.69, 9.17) is 10.1 Å². The van der Waals surface area contributed by atoms with Gasteiger partial charge in [-0.25, -0.2) is 9.78 Å². The standard InChI is InChI=1S/C21H26N2O2S/c1-20(2)11-12-21(3,4)17-16(20)22-19(26-17)23(15-9-10-15)14-7-5-13(6-8-14)18(24)25/h5-8,15H,9-12H2,1-4H3,(H,24,25). The van der Waals surface area contributed by atoms with E-state index in [0.717, 1.165) is 30.1 Å². The highest BCUT2D eigenvalue weighted by molar-refractivity contribution is 7.16. The van der Waals surface area contributed by atoms with Crippen LogP contribution in [0.15, 0.2) is 24.3 Å². The molecule has 138 valence electrons. The molecule has 0 saturated heterocycles. The molecule has 2 aromatic rings.